The molecule has 1 atom stereocenters. The maximum absolute atomic E-state index is 11.9. The van der Waals surface area contributed by atoms with Gasteiger partial charge in [0, 0.05) is 31.5 Å². The van der Waals surface area contributed by atoms with Crippen LogP contribution in [0.25, 0.3) is 0 Å². The Kier molecular flexibility index (Phi) is 8.49. The van der Waals surface area contributed by atoms with E-state index in [2.05, 4.69) is 10.6 Å². The van der Waals surface area contributed by atoms with Crippen LogP contribution >= 0.6 is 0 Å². The van der Waals surface area contributed by atoms with E-state index in [1.54, 1.807) is 20.8 Å². The molecule has 0 aromatic heterocycles. The molecule has 0 saturated heterocycles. The Morgan fingerprint density at radius 3 is 2.17 bits per heavy atom. The van der Waals surface area contributed by atoms with Gasteiger partial charge in [-0.3, -0.25) is 28.9 Å². The van der Waals surface area contributed by atoms with Crippen LogP contribution in [-0.4, -0.2) is 70.3 Å². The summed E-state index contributed by atoms with van der Waals surface area (Å²) >= 11 is 0. The summed E-state index contributed by atoms with van der Waals surface area (Å²) in [5, 5.41) is 13.7. The zero-order valence-electron chi connectivity index (χ0n) is 16.5. The molecule has 0 spiro atoms. The molecule has 160 valence electrons. The van der Waals surface area contributed by atoms with Gasteiger partial charge in [-0.25, -0.2) is 4.79 Å². The summed E-state index contributed by atoms with van der Waals surface area (Å²) in [4.78, 5) is 70.2. The van der Waals surface area contributed by atoms with E-state index in [-0.39, 0.29) is 25.8 Å². The molecular weight excluding hydrogens is 386 g/mol. The Morgan fingerprint density at radius 2 is 1.66 bits per heavy atom. The summed E-state index contributed by atoms with van der Waals surface area (Å²) < 4.78 is 5.08. The third kappa shape index (κ3) is 9.00. The maximum Gasteiger partial charge on any atom is 0.326 e. The number of carboxylic acid groups (broad SMARTS) is 1. The van der Waals surface area contributed by atoms with Crippen LogP contribution in [0.15, 0.2) is 12.2 Å². The topological polar surface area (TPSA) is 159 Å². The van der Waals surface area contributed by atoms with Crippen molar-refractivity contribution in [3.8, 4) is 0 Å². The lowest BCUT2D eigenvalue weighted by atomic mass is 10.1. The molecule has 0 aliphatic carbocycles. The van der Waals surface area contributed by atoms with Crippen LogP contribution in [0.3, 0.4) is 0 Å². The first kappa shape index (κ1) is 23.8. The minimum atomic E-state index is -1.33. The molecule has 29 heavy (non-hydrogen) atoms. The molecule has 0 fully saturated rings. The van der Waals surface area contributed by atoms with E-state index in [1.165, 1.54) is 0 Å². The van der Waals surface area contributed by atoms with Crippen molar-refractivity contribution >= 4 is 35.6 Å². The van der Waals surface area contributed by atoms with Crippen molar-refractivity contribution < 1.29 is 38.6 Å². The first-order chi connectivity index (χ1) is 13.4. The highest BCUT2D eigenvalue weighted by Crippen LogP contribution is 2.10. The first-order valence-electron chi connectivity index (χ1n) is 8.93. The Bertz CT molecular complexity index is 705. The van der Waals surface area contributed by atoms with Gasteiger partial charge in [0.15, 0.2) is 0 Å². The normalized spacial score (nSPS) is 14.5. The van der Waals surface area contributed by atoms with E-state index in [4.69, 9.17) is 4.74 Å². The summed E-state index contributed by atoms with van der Waals surface area (Å²) in [5.74, 6) is -4.30. The van der Waals surface area contributed by atoms with Crippen molar-refractivity contribution in [2.75, 3.05) is 13.1 Å². The molecule has 11 heteroatoms. The van der Waals surface area contributed by atoms with Crippen molar-refractivity contribution in [2.45, 2.75) is 51.7 Å². The fourth-order valence-corrected chi connectivity index (χ4v) is 2.29. The number of aliphatic carboxylic acids is 1. The van der Waals surface area contributed by atoms with Crippen molar-refractivity contribution in [3.05, 3.63) is 12.2 Å². The van der Waals surface area contributed by atoms with E-state index in [0.717, 1.165) is 17.1 Å². The maximum atomic E-state index is 11.9. The number of esters is 1. The van der Waals surface area contributed by atoms with Crippen LogP contribution in [0.5, 0.6) is 0 Å². The zero-order chi connectivity index (χ0) is 22.2. The minimum Gasteiger partial charge on any atom is -0.480 e. The average molecular weight is 411 g/mol. The molecule has 1 aliphatic rings. The Hall–Kier alpha value is -3.24. The number of rotatable bonds is 10. The van der Waals surface area contributed by atoms with E-state index >= 15 is 0 Å². The first-order valence-corrected chi connectivity index (χ1v) is 8.93. The fraction of sp³-hybridized carbons (Fsp3) is 0.556. The number of carbonyl (C=O) groups excluding carboxylic acids is 5. The lowest BCUT2D eigenvalue weighted by Gasteiger charge is -2.20. The molecule has 3 N–H and O–H groups in total. The highest BCUT2D eigenvalue weighted by atomic mass is 16.6. The molecule has 11 nitrogen and oxygen atoms in total. The Morgan fingerprint density at radius 1 is 1.07 bits per heavy atom. The van der Waals surface area contributed by atoms with Crippen LogP contribution in [0, 0.1) is 0 Å². The second-order valence-corrected chi connectivity index (χ2v) is 7.27. The Balaban J connectivity index is 2.36. The molecule has 0 aromatic carbocycles. The highest BCUT2D eigenvalue weighted by molar-refractivity contribution is 6.13. The largest absolute Gasteiger partial charge is 0.480 e. The number of carboxylic acids is 1. The SMILES string of the molecule is CC(C)(C)OC(=O)CCC(NC(=O)CNC(=O)CCN1C(=O)C=CC1=O)C(=O)O. The summed E-state index contributed by atoms with van der Waals surface area (Å²) in [6, 6.07) is -1.32. The minimum absolute atomic E-state index is 0.133. The molecule has 1 aliphatic heterocycles. The summed E-state index contributed by atoms with van der Waals surface area (Å²) in [6.07, 6.45) is 1.62. The van der Waals surface area contributed by atoms with Gasteiger partial charge in [0.05, 0.1) is 6.54 Å². The fourth-order valence-electron chi connectivity index (χ4n) is 2.29. The van der Waals surface area contributed by atoms with E-state index in [1.807, 2.05) is 0 Å². The van der Waals surface area contributed by atoms with Gasteiger partial charge >= 0.3 is 11.9 Å². The smallest absolute Gasteiger partial charge is 0.326 e. The number of carbonyl (C=O) groups is 6. The summed E-state index contributed by atoms with van der Waals surface area (Å²) in [7, 11) is 0. The van der Waals surface area contributed by atoms with Gasteiger partial charge in [0.1, 0.15) is 11.6 Å². The number of amides is 4. The van der Waals surface area contributed by atoms with E-state index < -0.39 is 53.8 Å². The molecule has 0 saturated carbocycles. The highest BCUT2D eigenvalue weighted by Gasteiger charge is 2.25. The number of imide groups is 1. The van der Waals surface area contributed by atoms with E-state index in [9.17, 15) is 33.9 Å². The molecule has 0 radical (unpaired) electrons. The van der Waals surface area contributed by atoms with Gasteiger partial charge in [-0.2, -0.15) is 0 Å². The van der Waals surface area contributed by atoms with Gasteiger partial charge < -0.3 is 20.5 Å². The lowest BCUT2D eigenvalue weighted by Crippen LogP contribution is -2.46. The summed E-state index contributed by atoms with van der Waals surface area (Å²) in [6.45, 7) is 4.41. The third-order valence-electron chi connectivity index (χ3n) is 3.60. The van der Waals surface area contributed by atoms with Crippen LogP contribution in [0.2, 0.25) is 0 Å². The van der Waals surface area contributed by atoms with Crippen molar-refractivity contribution in [1.82, 2.24) is 15.5 Å². The summed E-state index contributed by atoms with van der Waals surface area (Å²) in [5.41, 5.74) is -0.705. The Labute approximate surface area is 167 Å². The number of ether oxygens (including phenoxy) is 1. The van der Waals surface area contributed by atoms with E-state index in [0.29, 0.717) is 0 Å². The van der Waals surface area contributed by atoms with Gasteiger partial charge in [-0.1, -0.05) is 0 Å². The molecule has 4 amide bonds. The molecule has 0 aromatic rings. The van der Waals surface area contributed by atoms with Crippen LogP contribution in [0.1, 0.15) is 40.0 Å². The number of hydrogen-bond donors (Lipinski definition) is 3. The van der Waals surface area contributed by atoms with Crippen molar-refractivity contribution in [3.63, 3.8) is 0 Å². The second-order valence-electron chi connectivity index (χ2n) is 7.27. The standard InChI is InChI=1S/C18H25N3O8/c1-18(2,3)29-16(26)7-4-11(17(27)28)20-13(23)10-19-12(22)8-9-21-14(24)5-6-15(21)25/h5-6,11H,4,7-10H2,1-3H3,(H,19,22)(H,20,23)(H,27,28). The quantitative estimate of drug-likeness (QED) is 0.308. The molecule has 0 bridgehead atoms. The molecule has 1 unspecified atom stereocenters. The second kappa shape index (κ2) is 10.3. The van der Waals surface area contributed by atoms with Crippen LogP contribution < -0.4 is 10.6 Å². The average Bonchev–Trinajstić information content (AvgIpc) is 2.91. The van der Waals surface area contributed by atoms with Crippen molar-refractivity contribution in [1.29, 1.82) is 0 Å². The predicted octanol–water partition coefficient (Wildman–Crippen LogP) is -0.891. The van der Waals surface area contributed by atoms with Gasteiger partial charge in [-0.05, 0) is 27.2 Å². The zero-order valence-corrected chi connectivity index (χ0v) is 16.5. The van der Waals surface area contributed by atoms with Crippen LogP contribution in [0.4, 0.5) is 0 Å². The van der Waals surface area contributed by atoms with Crippen molar-refractivity contribution in [2.24, 2.45) is 0 Å². The predicted molar refractivity (Wildman–Crippen MR) is 98.1 cm³/mol. The lowest BCUT2D eigenvalue weighted by molar-refractivity contribution is -0.155. The van der Waals surface area contributed by atoms with Gasteiger partial charge in [0.2, 0.25) is 11.8 Å². The van der Waals surface area contributed by atoms with Gasteiger partial charge in [-0.15, -0.1) is 0 Å². The molecule has 1 rings (SSSR count). The molecule has 1 heterocycles. The number of nitrogens with zero attached hydrogens (tertiary/aromatic N) is 1. The molecular formula is C18H25N3O8. The number of hydrogen-bond acceptors (Lipinski definition) is 7. The third-order valence-corrected chi connectivity index (χ3v) is 3.60. The van der Waals surface area contributed by atoms with Crippen LogP contribution in [-0.2, 0) is 33.5 Å². The number of nitrogens with one attached hydrogen (secondary N) is 2. The van der Waals surface area contributed by atoms with Gasteiger partial charge in [0.25, 0.3) is 11.8 Å². The monoisotopic (exact) mass is 411 g/mol.